The Hall–Kier alpha value is -0.260. The maximum absolute atomic E-state index is 4.06. The summed E-state index contributed by atoms with van der Waals surface area (Å²) in [5.74, 6) is 2.73. The first-order valence-electron chi connectivity index (χ1n) is 5.75. The van der Waals surface area contributed by atoms with Crippen LogP contribution in [0.25, 0.3) is 0 Å². The lowest BCUT2D eigenvalue weighted by molar-refractivity contribution is 0.265. The van der Waals surface area contributed by atoms with E-state index in [1.165, 1.54) is 37.7 Å². The highest BCUT2D eigenvalue weighted by atomic mass is 14.3. The Morgan fingerprint density at radius 2 is 1.77 bits per heavy atom. The highest BCUT2D eigenvalue weighted by Crippen LogP contribution is 2.35. The first-order chi connectivity index (χ1) is 6.09. The lowest BCUT2D eigenvalue weighted by Crippen LogP contribution is -2.16. The molecule has 0 N–H and O–H groups in total. The van der Waals surface area contributed by atoms with E-state index >= 15 is 0 Å². The third kappa shape index (κ3) is 3.54. The lowest BCUT2D eigenvalue weighted by Gasteiger charge is -2.29. The number of rotatable bonds is 3. The van der Waals surface area contributed by atoms with Crippen LogP contribution in [-0.2, 0) is 0 Å². The van der Waals surface area contributed by atoms with Crippen LogP contribution in [0.5, 0.6) is 0 Å². The zero-order valence-electron chi connectivity index (χ0n) is 9.47. The van der Waals surface area contributed by atoms with Gasteiger partial charge in [0, 0.05) is 0 Å². The van der Waals surface area contributed by atoms with Crippen LogP contribution < -0.4 is 0 Å². The van der Waals surface area contributed by atoms with E-state index in [1.807, 2.05) is 0 Å². The quantitative estimate of drug-likeness (QED) is 0.564. The topological polar surface area (TPSA) is 0 Å². The molecular weight excluding hydrogens is 156 g/mol. The van der Waals surface area contributed by atoms with Crippen molar-refractivity contribution in [2.75, 3.05) is 0 Å². The lowest BCUT2D eigenvalue weighted by atomic mass is 9.76. The first kappa shape index (κ1) is 10.8. The van der Waals surface area contributed by atoms with E-state index in [-0.39, 0.29) is 0 Å². The van der Waals surface area contributed by atoms with Crippen LogP contribution in [0.2, 0.25) is 0 Å². The Balaban J connectivity index is 2.26. The molecule has 1 saturated carbocycles. The molecule has 0 radical (unpaired) electrons. The molecule has 76 valence electrons. The van der Waals surface area contributed by atoms with E-state index in [4.69, 9.17) is 0 Å². The van der Waals surface area contributed by atoms with Gasteiger partial charge in [0.1, 0.15) is 0 Å². The molecule has 1 aliphatic rings. The third-order valence-electron chi connectivity index (χ3n) is 3.35. The van der Waals surface area contributed by atoms with Gasteiger partial charge in [0.15, 0.2) is 0 Å². The summed E-state index contributed by atoms with van der Waals surface area (Å²) in [6, 6.07) is 0. The fourth-order valence-electron chi connectivity index (χ4n) is 2.56. The van der Waals surface area contributed by atoms with Crippen LogP contribution in [0, 0.1) is 17.8 Å². The van der Waals surface area contributed by atoms with Gasteiger partial charge in [-0.1, -0.05) is 26.0 Å². The maximum atomic E-state index is 4.06. The minimum absolute atomic E-state index is 0.836. The highest BCUT2D eigenvalue weighted by molar-refractivity contribution is 4.97. The van der Waals surface area contributed by atoms with Gasteiger partial charge in [-0.15, -0.1) is 0 Å². The van der Waals surface area contributed by atoms with Crippen LogP contribution in [0.1, 0.15) is 52.9 Å². The minimum atomic E-state index is 0.836. The van der Waals surface area contributed by atoms with Crippen molar-refractivity contribution >= 4 is 0 Å². The predicted octanol–water partition coefficient (Wildman–Crippen LogP) is 4.42. The maximum Gasteiger partial charge on any atom is -0.0208 e. The summed E-state index contributed by atoms with van der Waals surface area (Å²) < 4.78 is 0. The largest absolute Gasteiger partial charge is 0.0999 e. The second-order valence-corrected chi connectivity index (χ2v) is 5.19. The molecule has 0 heteroatoms. The smallest absolute Gasteiger partial charge is 0.0208 e. The fraction of sp³-hybridized carbons (Fsp3) is 0.846. The Morgan fingerprint density at radius 3 is 2.15 bits per heavy atom. The van der Waals surface area contributed by atoms with Gasteiger partial charge in [0.05, 0.1) is 0 Å². The van der Waals surface area contributed by atoms with Crippen molar-refractivity contribution < 1.29 is 0 Å². The van der Waals surface area contributed by atoms with Crippen molar-refractivity contribution in [2.24, 2.45) is 17.8 Å². The molecule has 0 nitrogen and oxygen atoms in total. The first-order valence-corrected chi connectivity index (χ1v) is 5.75. The molecule has 0 aromatic rings. The minimum Gasteiger partial charge on any atom is -0.0999 e. The summed E-state index contributed by atoms with van der Waals surface area (Å²) in [7, 11) is 0. The van der Waals surface area contributed by atoms with E-state index < -0.39 is 0 Å². The molecule has 0 spiro atoms. The normalized spacial score (nSPS) is 29.2. The molecule has 0 aromatic heterocycles. The van der Waals surface area contributed by atoms with Gasteiger partial charge in [-0.05, 0) is 56.8 Å². The summed E-state index contributed by atoms with van der Waals surface area (Å²) in [5.41, 5.74) is 1.41. The molecule has 0 unspecified atom stereocenters. The summed E-state index contributed by atoms with van der Waals surface area (Å²) >= 11 is 0. The van der Waals surface area contributed by atoms with Crippen molar-refractivity contribution in [3.8, 4) is 0 Å². The molecule has 0 bridgehead atoms. The number of hydrogen-bond acceptors (Lipinski definition) is 0. The second kappa shape index (κ2) is 4.83. The van der Waals surface area contributed by atoms with Gasteiger partial charge in [0.25, 0.3) is 0 Å². The van der Waals surface area contributed by atoms with Crippen molar-refractivity contribution in [1.29, 1.82) is 0 Å². The molecule has 1 rings (SSSR count). The van der Waals surface area contributed by atoms with Crippen LogP contribution in [0.4, 0.5) is 0 Å². The van der Waals surface area contributed by atoms with E-state index in [1.54, 1.807) is 0 Å². The molecule has 0 atom stereocenters. The summed E-state index contributed by atoms with van der Waals surface area (Å²) in [4.78, 5) is 0. The molecule has 0 aliphatic heterocycles. The van der Waals surface area contributed by atoms with E-state index in [2.05, 4.69) is 27.4 Å². The second-order valence-electron chi connectivity index (χ2n) is 5.19. The SMILES string of the molecule is C=C(C)C1CCC(CC(C)C)CC1. The van der Waals surface area contributed by atoms with Crippen molar-refractivity contribution in [1.82, 2.24) is 0 Å². The molecule has 13 heavy (non-hydrogen) atoms. The number of hydrogen-bond donors (Lipinski definition) is 0. The van der Waals surface area contributed by atoms with Gasteiger partial charge in [-0.3, -0.25) is 0 Å². The Kier molecular flexibility index (Phi) is 4.02. The standard InChI is InChI=1S/C13H24/c1-10(2)9-12-5-7-13(8-6-12)11(3)4/h10,12-13H,3,5-9H2,1-2,4H3. The van der Waals surface area contributed by atoms with Crippen LogP contribution in [0.3, 0.4) is 0 Å². The predicted molar refractivity (Wildman–Crippen MR) is 59.7 cm³/mol. The average molecular weight is 180 g/mol. The average Bonchev–Trinajstić information content (AvgIpc) is 2.04. The van der Waals surface area contributed by atoms with Gasteiger partial charge in [-0.25, -0.2) is 0 Å². The summed E-state index contributed by atoms with van der Waals surface area (Å²) in [5, 5.41) is 0. The van der Waals surface area contributed by atoms with Crippen molar-refractivity contribution in [3.05, 3.63) is 12.2 Å². The molecule has 1 fully saturated rings. The Morgan fingerprint density at radius 1 is 1.23 bits per heavy atom. The monoisotopic (exact) mass is 180 g/mol. The zero-order valence-corrected chi connectivity index (χ0v) is 9.47. The fourth-order valence-corrected chi connectivity index (χ4v) is 2.56. The van der Waals surface area contributed by atoms with Crippen molar-refractivity contribution in [3.63, 3.8) is 0 Å². The summed E-state index contributed by atoms with van der Waals surface area (Å²) in [6.07, 6.45) is 7.10. The van der Waals surface area contributed by atoms with E-state index in [9.17, 15) is 0 Å². The van der Waals surface area contributed by atoms with E-state index in [0.29, 0.717) is 0 Å². The molecule has 0 amide bonds. The van der Waals surface area contributed by atoms with Gasteiger partial charge in [-0.2, -0.15) is 0 Å². The molecule has 0 heterocycles. The Labute approximate surface area is 83.4 Å². The molecule has 1 aliphatic carbocycles. The van der Waals surface area contributed by atoms with E-state index in [0.717, 1.165) is 17.8 Å². The zero-order chi connectivity index (χ0) is 9.84. The molecule has 0 saturated heterocycles. The van der Waals surface area contributed by atoms with Gasteiger partial charge in [0.2, 0.25) is 0 Å². The highest BCUT2D eigenvalue weighted by Gasteiger charge is 2.21. The Bertz CT molecular complexity index is 159. The van der Waals surface area contributed by atoms with Crippen LogP contribution >= 0.6 is 0 Å². The van der Waals surface area contributed by atoms with Crippen LogP contribution in [-0.4, -0.2) is 0 Å². The summed E-state index contributed by atoms with van der Waals surface area (Å²) in [6.45, 7) is 10.9. The van der Waals surface area contributed by atoms with Crippen LogP contribution in [0.15, 0.2) is 12.2 Å². The third-order valence-corrected chi connectivity index (χ3v) is 3.35. The molecular formula is C13H24. The van der Waals surface area contributed by atoms with Crippen molar-refractivity contribution in [2.45, 2.75) is 52.9 Å². The molecule has 0 aromatic carbocycles. The van der Waals surface area contributed by atoms with Gasteiger partial charge >= 0.3 is 0 Å². The number of allylic oxidation sites excluding steroid dienone is 1. The van der Waals surface area contributed by atoms with Gasteiger partial charge < -0.3 is 0 Å².